The van der Waals surface area contributed by atoms with Gasteiger partial charge in [0.15, 0.2) is 0 Å². The van der Waals surface area contributed by atoms with Crippen molar-refractivity contribution in [1.82, 2.24) is 5.32 Å². The van der Waals surface area contributed by atoms with E-state index in [1.165, 1.54) is 24.0 Å². The Bertz CT molecular complexity index is 1990. The number of anilines is 1. The number of furan rings is 1. The summed E-state index contributed by atoms with van der Waals surface area (Å²) >= 11 is 0. The number of benzene rings is 4. The Hall–Kier alpha value is -3.99. The SMILES string of the molecule is O=C(NCCS(=O)(=O)[O-])c1ccc(CC(C(=O)Nc2ccc(-c3cc4ccccc4o3)cc2)c2ccc(C3=CCCCC3)cc2)cc1.[Na+]. The summed E-state index contributed by atoms with van der Waals surface area (Å²) in [5.41, 5.74) is 6.96. The van der Waals surface area contributed by atoms with E-state index in [2.05, 4.69) is 28.8 Å². The van der Waals surface area contributed by atoms with Crippen molar-refractivity contribution in [3.63, 3.8) is 0 Å². The summed E-state index contributed by atoms with van der Waals surface area (Å²) in [6, 6.07) is 32.4. The quantitative estimate of drug-likeness (QED) is 0.159. The molecule has 1 aromatic heterocycles. The molecule has 0 fully saturated rings. The van der Waals surface area contributed by atoms with Crippen LogP contribution in [0.4, 0.5) is 5.69 Å². The predicted molar refractivity (Wildman–Crippen MR) is 183 cm³/mol. The summed E-state index contributed by atoms with van der Waals surface area (Å²) in [7, 11) is -4.42. The van der Waals surface area contributed by atoms with Gasteiger partial charge in [0, 0.05) is 28.7 Å². The minimum atomic E-state index is -4.42. The molecule has 6 rings (SSSR count). The van der Waals surface area contributed by atoms with Crippen LogP contribution in [0.5, 0.6) is 0 Å². The van der Waals surface area contributed by atoms with Crippen molar-refractivity contribution < 1.29 is 56.5 Å². The molecule has 0 saturated heterocycles. The van der Waals surface area contributed by atoms with E-state index >= 15 is 0 Å². The molecule has 4 aromatic carbocycles. The van der Waals surface area contributed by atoms with Gasteiger partial charge in [-0.25, -0.2) is 8.42 Å². The molecule has 10 heteroatoms. The third-order valence-electron chi connectivity index (χ3n) is 8.45. The summed E-state index contributed by atoms with van der Waals surface area (Å²) in [5, 5.41) is 6.56. The van der Waals surface area contributed by atoms with Crippen molar-refractivity contribution in [3.8, 4) is 11.3 Å². The van der Waals surface area contributed by atoms with Gasteiger partial charge in [0.2, 0.25) is 5.91 Å². The number of carbonyl (C=O) groups is 2. The van der Waals surface area contributed by atoms with Gasteiger partial charge in [-0.15, -0.1) is 0 Å². The number of hydrogen-bond acceptors (Lipinski definition) is 6. The van der Waals surface area contributed by atoms with Crippen molar-refractivity contribution in [2.45, 2.75) is 38.0 Å². The van der Waals surface area contributed by atoms with Crippen LogP contribution in [0.1, 0.15) is 58.6 Å². The molecule has 0 aliphatic heterocycles. The Kier molecular flexibility index (Phi) is 11.7. The second-order valence-electron chi connectivity index (χ2n) is 11.8. The number of amides is 2. The van der Waals surface area contributed by atoms with Gasteiger partial charge < -0.3 is 19.6 Å². The summed E-state index contributed by atoms with van der Waals surface area (Å²) in [6.07, 6.45) is 7.23. The van der Waals surface area contributed by atoms with E-state index in [9.17, 15) is 22.6 Å². The van der Waals surface area contributed by atoms with E-state index in [1.54, 1.807) is 24.3 Å². The molecule has 2 N–H and O–H groups in total. The molecule has 0 radical (unpaired) electrons. The molecule has 1 heterocycles. The topological polar surface area (TPSA) is 129 Å². The summed E-state index contributed by atoms with van der Waals surface area (Å²) in [5.74, 6) is -1.07. The average Bonchev–Trinajstić information content (AvgIpc) is 3.52. The van der Waals surface area contributed by atoms with Crippen LogP contribution in [-0.2, 0) is 21.3 Å². The number of fused-ring (bicyclic) bond motifs is 1. The Morgan fingerprint density at radius 3 is 2.23 bits per heavy atom. The first-order valence-electron chi connectivity index (χ1n) is 15.7. The van der Waals surface area contributed by atoms with Crippen LogP contribution >= 0.6 is 0 Å². The zero-order valence-corrected chi connectivity index (χ0v) is 29.6. The summed E-state index contributed by atoms with van der Waals surface area (Å²) in [6.45, 7) is -0.263. The number of nitrogens with one attached hydrogen (secondary N) is 2. The van der Waals surface area contributed by atoms with E-state index in [4.69, 9.17) is 4.42 Å². The summed E-state index contributed by atoms with van der Waals surface area (Å²) < 4.78 is 38.5. The first-order valence-corrected chi connectivity index (χ1v) is 17.3. The Balaban J connectivity index is 0.00000451. The van der Waals surface area contributed by atoms with Crippen LogP contribution in [0, 0.1) is 0 Å². The van der Waals surface area contributed by atoms with E-state index in [1.807, 2.05) is 66.7 Å². The van der Waals surface area contributed by atoms with Gasteiger partial charge >= 0.3 is 29.6 Å². The maximum Gasteiger partial charge on any atom is 1.00 e. The van der Waals surface area contributed by atoms with E-state index < -0.39 is 27.7 Å². The Morgan fingerprint density at radius 1 is 0.854 bits per heavy atom. The maximum atomic E-state index is 13.9. The molecule has 5 aromatic rings. The third-order valence-corrected chi connectivity index (χ3v) is 9.15. The molecule has 1 aliphatic rings. The molecule has 2 amide bonds. The molecule has 48 heavy (non-hydrogen) atoms. The van der Waals surface area contributed by atoms with Crippen molar-refractivity contribution >= 4 is 44.2 Å². The van der Waals surface area contributed by atoms with E-state index in [-0.39, 0.29) is 42.0 Å². The van der Waals surface area contributed by atoms with Crippen LogP contribution < -0.4 is 40.2 Å². The molecular weight excluding hydrogens is 635 g/mol. The van der Waals surface area contributed by atoms with Crippen LogP contribution in [-0.4, -0.2) is 37.1 Å². The molecule has 0 spiro atoms. The van der Waals surface area contributed by atoms with Crippen molar-refractivity contribution in [1.29, 1.82) is 0 Å². The van der Waals surface area contributed by atoms with Crippen LogP contribution in [0.2, 0.25) is 0 Å². The number of para-hydroxylation sites is 1. The van der Waals surface area contributed by atoms with Gasteiger partial charge in [-0.3, -0.25) is 9.59 Å². The maximum absolute atomic E-state index is 13.9. The number of allylic oxidation sites excluding steroid dienone is 2. The van der Waals surface area contributed by atoms with Gasteiger partial charge in [-0.1, -0.05) is 60.7 Å². The average molecular weight is 671 g/mol. The van der Waals surface area contributed by atoms with Crippen molar-refractivity contribution in [2.75, 3.05) is 17.6 Å². The standard InChI is InChI=1S/C38H36N2O6S.Na/c41-37(39-22-23-47(43,44)45)31-12-10-26(11-13-31)24-34(29-16-14-28(15-17-29)27-6-2-1-3-7-27)38(42)40-33-20-18-30(19-21-33)36-25-32-8-4-5-9-35(32)46-36;/h4-6,8-21,25,34H,1-3,7,22-24H2,(H,39,41)(H,40,42)(H,43,44,45);/q;+1/p-1. The molecule has 0 bridgehead atoms. The van der Waals surface area contributed by atoms with E-state index in [0.29, 0.717) is 17.7 Å². The molecule has 240 valence electrons. The molecule has 8 nitrogen and oxygen atoms in total. The second-order valence-corrected chi connectivity index (χ2v) is 13.3. The molecule has 1 aliphatic carbocycles. The first-order chi connectivity index (χ1) is 22.7. The van der Waals surface area contributed by atoms with Crippen molar-refractivity contribution in [2.24, 2.45) is 0 Å². The minimum Gasteiger partial charge on any atom is -0.748 e. The van der Waals surface area contributed by atoms with Gasteiger partial charge in [-0.2, -0.15) is 0 Å². The molecular formula is C38H35N2NaO6S. The van der Waals surface area contributed by atoms with Gasteiger partial charge in [0.25, 0.3) is 5.91 Å². The summed E-state index contributed by atoms with van der Waals surface area (Å²) in [4.78, 5) is 26.3. The van der Waals surface area contributed by atoms with Crippen LogP contribution in [0.25, 0.3) is 27.9 Å². The zero-order valence-electron chi connectivity index (χ0n) is 26.8. The molecule has 1 unspecified atom stereocenters. The number of carbonyl (C=O) groups excluding carboxylic acids is 2. The predicted octanol–water partition coefficient (Wildman–Crippen LogP) is 4.30. The first kappa shape index (κ1) is 35.3. The normalized spacial score (nSPS) is 13.6. The van der Waals surface area contributed by atoms with Gasteiger partial charge in [-0.05, 0) is 103 Å². The Morgan fingerprint density at radius 2 is 1.56 bits per heavy atom. The van der Waals surface area contributed by atoms with Crippen molar-refractivity contribution in [3.05, 3.63) is 131 Å². The van der Waals surface area contributed by atoms with E-state index in [0.717, 1.165) is 46.3 Å². The smallest absolute Gasteiger partial charge is 0.748 e. The number of hydrogen-bond donors (Lipinski definition) is 2. The fraction of sp³-hybridized carbons (Fsp3) is 0.211. The van der Waals surface area contributed by atoms with Gasteiger partial charge in [0.05, 0.1) is 21.8 Å². The second kappa shape index (κ2) is 15.9. The monoisotopic (exact) mass is 670 g/mol. The van der Waals surface area contributed by atoms with Crippen LogP contribution in [0.3, 0.4) is 0 Å². The third kappa shape index (κ3) is 9.12. The zero-order chi connectivity index (χ0) is 32.8. The number of rotatable bonds is 11. The minimum absolute atomic E-state index is 0. The van der Waals surface area contributed by atoms with Gasteiger partial charge in [0.1, 0.15) is 11.3 Å². The fourth-order valence-corrected chi connectivity index (χ4v) is 6.23. The largest absolute Gasteiger partial charge is 1.00 e. The fourth-order valence-electron chi connectivity index (χ4n) is 5.88. The Labute approximate surface area is 302 Å². The molecule has 1 atom stereocenters. The van der Waals surface area contributed by atoms with Crippen LogP contribution in [0.15, 0.2) is 114 Å². The molecule has 0 saturated carbocycles.